The predicted octanol–water partition coefficient (Wildman–Crippen LogP) is 1.80. The van der Waals surface area contributed by atoms with E-state index >= 15 is 0 Å². The van der Waals surface area contributed by atoms with Crippen molar-refractivity contribution in [3.63, 3.8) is 0 Å². The number of nitrogens with zero attached hydrogens (tertiary/aromatic N) is 5. The van der Waals surface area contributed by atoms with Gasteiger partial charge in [0.15, 0.2) is 5.82 Å². The molecule has 6 heteroatoms. The molecule has 1 aliphatic rings. The van der Waals surface area contributed by atoms with Gasteiger partial charge in [-0.2, -0.15) is 0 Å². The summed E-state index contributed by atoms with van der Waals surface area (Å²) >= 11 is 0. The second kappa shape index (κ2) is 6.98. The van der Waals surface area contributed by atoms with Crippen LogP contribution >= 0.6 is 0 Å². The van der Waals surface area contributed by atoms with E-state index < -0.39 is 0 Å². The maximum Gasteiger partial charge on any atom is 0.158 e. The van der Waals surface area contributed by atoms with Gasteiger partial charge >= 0.3 is 0 Å². The molecule has 0 spiro atoms. The van der Waals surface area contributed by atoms with Crippen LogP contribution in [-0.2, 0) is 11.3 Å². The molecule has 0 amide bonds. The molecule has 6 nitrogen and oxygen atoms in total. The summed E-state index contributed by atoms with van der Waals surface area (Å²) in [5.41, 5.74) is 0.894. The van der Waals surface area contributed by atoms with Crippen molar-refractivity contribution in [1.82, 2.24) is 24.4 Å². The molecule has 1 saturated heterocycles. The number of aromatic nitrogens is 4. The number of hydrogen-bond donors (Lipinski definition) is 0. The molecule has 2 aromatic heterocycles. The Bertz CT molecular complexity index is 604. The number of imidazole rings is 1. The van der Waals surface area contributed by atoms with Crippen molar-refractivity contribution < 1.29 is 4.74 Å². The van der Waals surface area contributed by atoms with Crippen LogP contribution in [-0.4, -0.2) is 57.3 Å². The molecule has 22 heavy (non-hydrogen) atoms. The minimum atomic E-state index is 0.316. The van der Waals surface area contributed by atoms with E-state index in [0.717, 1.165) is 56.7 Å². The minimum Gasteiger partial charge on any atom is -0.379 e. The van der Waals surface area contributed by atoms with Gasteiger partial charge in [-0.15, -0.1) is 0 Å². The highest BCUT2D eigenvalue weighted by Gasteiger charge is 2.13. The van der Waals surface area contributed by atoms with Crippen LogP contribution in [0.4, 0.5) is 0 Å². The maximum atomic E-state index is 5.39. The van der Waals surface area contributed by atoms with Crippen LogP contribution in [0.3, 0.4) is 0 Å². The largest absolute Gasteiger partial charge is 0.379 e. The summed E-state index contributed by atoms with van der Waals surface area (Å²) in [5, 5.41) is 0. The Kier molecular flexibility index (Phi) is 4.80. The van der Waals surface area contributed by atoms with Crippen molar-refractivity contribution in [3.8, 4) is 11.5 Å². The van der Waals surface area contributed by atoms with E-state index in [1.807, 2.05) is 24.7 Å². The van der Waals surface area contributed by atoms with Gasteiger partial charge in [-0.25, -0.2) is 15.0 Å². The van der Waals surface area contributed by atoms with Crippen molar-refractivity contribution in [2.24, 2.45) is 0 Å². The Morgan fingerprint density at radius 3 is 2.73 bits per heavy atom. The quantitative estimate of drug-likeness (QED) is 0.843. The highest BCUT2D eigenvalue weighted by Crippen LogP contribution is 2.17. The standard InChI is InChI=1S/C16H23N5O/c1-13(2)15-17-4-3-14(19-15)16-18-5-6-21(16)8-7-20-9-11-22-12-10-20/h3-6,13H,7-12H2,1-2H3. The molecule has 0 aliphatic carbocycles. The number of rotatable bonds is 5. The molecule has 3 heterocycles. The average molecular weight is 301 g/mol. The van der Waals surface area contributed by atoms with E-state index in [1.54, 1.807) is 0 Å². The van der Waals surface area contributed by atoms with E-state index in [2.05, 4.69) is 38.3 Å². The summed E-state index contributed by atoms with van der Waals surface area (Å²) in [6.07, 6.45) is 5.68. The molecule has 0 radical (unpaired) electrons. The maximum absolute atomic E-state index is 5.39. The van der Waals surface area contributed by atoms with Crippen LogP contribution in [0.25, 0.3) is 11.5 Å². The normalized spacial score (nSPS) is 16.3. The summed E-state index contributed by atoms with van der Waals surface area (Å²) in [6.45, 7) is 9.81. The van der Waals surface area contributed by atoms with Crippen molar-refractivity contribution in [2.45, 2.75) is 26.3 Å². The average Bonchev–Trinajstić information content (AvgIpc) is 3.02. The molecule has 0 bridgehead atoms. The summed E-state index contributed by atoms with van der Waals surface area (Å²) in [7, 11) is 0. The van der Waals surface area contributed by atoms with Gasteiger partial charge in [0.2, 0.25) is 0 Å². The van der Waals surface area contributed by atoms with Gasteiger partial charge in [0.25, 0.3) is 0 Å². The van der Waals surface area contributed by atoms with Gasteiger partial charge in [-0.1, -0.05) is 13.8 Å². The first-order chi connectivity index (χ1) is 10.7. The van der Waals surface area contributed by atoms with Gasteiger partial charge in [-0.3, -0.25) is 4.90 Å². The predicted molar refractivity (Wildman–Crippen MR) is 84.6 cm³/mol. The van der Waals surface area contributed by atoms with Crippen LogP contribution in [0.2, 0.25) is 0 Å². The molecule has 0 aromatic carbocycles. The Labute approximate surface area is 131 Å². The fraction of sp³-hybridized carbons (Fsp3) is 0.562. The van der Waals surface area contributed by atoms with E-state index in [-0.39, 0.29) is 0 Å². The third kappa shape index (κ3) is 3.51. The highest BCUT2D eigenvalue weighted by molar-refractivity contribution is 5.49. The first kappa shape index (κ1) is 15.1. The summed E-state index contributed by atoms with van der Waals surface area (Å²) in [6, 6.07) is 1.93. The number of morpholine rings is 1. The molecule has 0 unspecified atom stereocenters. The van der Waals surface area contributed by atoms with Gasteiger partial charge < -0.3 is 9.30 Å². The Balaban J connectivity index is 1.72. The number of hydrogen-bond acceptors (Lipinski definition) is 5. The minimum absolute atomic E-state index is 0.316. The van der Waals surface area contributed by atoms with Gasteiger partial charge in [-0.05, 0) is 6.07 Å². The van der Waals surface area contributed by atoms with E-state index in [1.165, 1.54) is 0 Å². The van der Waals surface area contributed by atoms with Crippen molar-refractivity contribution in [1.29, 1.82) is 0 Å². The molecule has 1 fully saturated rings. The van der Waals surface area contributed by atoms with Crippen LogP contribution in [0.15, 0.2) is 24.7 Å². The second-order valence-corrected chi connectivity index (χ2v) is 5.85. The van der Waals surface area contributed by atoms with E-state index in [4.69, 9.17) is 4.74 Å². The zero-order chi connectivity index (χ0) is 15.4. The van der Waals surface area contributed by atoms with Crippen LogP contribution in [0, 0.1) is 0 Å². The van der Waals surface area contributed by atoms with Gasteiger partial charge in [0, 0.05) is 50.7 Å². The fourth-order valence-corrected chi connectivity index (χ4v) is 2.57. The SMILES string of the molecule is CC(C)c1nccc(-c2nccn2CCN2CCOCC2)n1. The molecule has 118 valence electrons. The van der Waals surface area contributed by atoms with Gasteiger partial charge in [0.1, 0.15) is 11.5 Å². The molecular weight excluding hydrogens is 278 g/mol. The molecule has 0 saturated carbocycles. The Morgan fingerprint density at radius 1 is 1.14 bits per heavy atom. The van der Waals surface area contributed by atoms with Crippen molar-refractivity contribution >= 4 is 0 Å². The third-order valence-electron chi connectivity index (χ3n) is 3.90. The molecule has 2 aromatic rings. The van der Waals surface area contributed by atoms with Crippen LogP contribution in [0.1, 0.15) is 25.6 Å². The smallest absolute Gasteiger partial charge is 0.158 e. The van der Waals surface area contributed by atoms with Gasteiger partial charge in [0.05, 0.1) is 13.2 Å². The topological polar surface area (TPSA) is 56.1 Å². The Morgan fingerprint density at radius 2 is 1.95 bits per heavy atom. The monoisotopic (exact) mass is 301 g/mol. The summed E-state index contributed by atoms with van der Waals surface area (Å²) in [5.74, 6) is 2.09. The highest BCUT2D eigenvalue weighted by atomic mass is 16.5. The lowest BCUT2D eigenvalue weighted by molar-refractivity contribution is 0.0364. The van der Waals surface area contributed by atoms with E-state index in [0.29, 0.717) is 5.92 Å². The van der Waals surface area contributed by atoms with Crippen molar-refractivity contribution in [2.75, 3.05) is 32.8 Å². The van der Waals surface area contributed by atoms with Crippen molar-refractivity contribution in [3.05, 3.63) is 30.5 Å². The molecule has 3 rings (SSSR count). The number of ether oxygens (including phenoxy) is 1. The Hall–Kier alpha value is -1.79. The third-order valence-corrected chi connectivity index (χ3v) is 3.90. The molecule has 0 N–H and O–H groups in total. The zero-order valence-electron chi connectivity index (χ0n) is 13.3. The van der Waals surface area contributed by atoms with Crippen LogP contribution in [0.5, 0.6) is 0 Å². The summed E-state index contributed by atoms with van der Waals surface area (Å²) < 4.78 is 7.56. The molecule has 1 aliphatic heterocycles. The zero-order valence-corrected chi connectivity index (χ0v) is 13.3. The lowest BCUT2D eigenvalue weighted by Gasteiger charge is -2.26. The lowest BCUT2D eigenvalue weighted by atomic mass is 10.2. The lowest BCUT2D eigenvalue weighted by Crippen LogP contribution is -2.38. The first-order valence-corrected chi connectivity index (χ1v) is 7.88. The fourth-order valence-electron chi connectivity index (χ4n) is 2.57. The van der Waals surface area contributed by atoms with E-state index in [9.17, 15) is 0 Å². The molecule has 0 atom stereocenters. The first-order valence-electron chi connectivity index (χ1n) is 7.88. The van der Waals surface area contributed by atoms with Crippen LogP contribution < -0.4 is 0 Å². The second-order valence-electron chi connectivity index (χ2n) is 5.85. The summed E-state index contributed by atoms with van der Waals surface area (Å²) in [4.78, 5) is 15.9. The molecular formula is C16H23N5O.